The maximum absolute atomic E-state index is 10.9. The van der Waals surface area contributed by atoms with Crippen LogP contribution < -0.4 is 5.32 Å². The molecule has 0 aromatic heterocycles. The first-order valence-electron chi connectivity index (χ1n) is 5.30. The topological polar surface area (TPSA) is 38.3 Å². The monoisotopic (exact) mass is 241 g/mol. The van der Waals surface area contributed by atoms with Crippen molar-refractivity contribution >= 4 is 10.8 Å². The van der Waals surface area contributed by atoms with Crippen LogP contribution >= 0.6 is 0 Å². The van der Waals surface area contributed by atoms with Gasteiger partial charge >= 0.3 is 0 Å². The van der Waals surface area contributed by atoms with Gasteiger partial charge in [-0.25, -0.2) is 0 Å². The highest BCUT2D eigenvalue weighted by molar-refractivity contribution is 7.84. The molecule has 0 heterocycles. The summed E-state index contributed by atoms with van der Waals surface area (Å²) in [5, 5.41) is 3.28. The van der Waals surface area contributed by atoms with Crippen LogP contribution in [0.4, 0.5) is 0 Å². The first-order valence-corrected chi connectivity index (χ1v) is 7.03. The Balaban J connectivity index is 2.43. The Morgan fingerprint density at radius 3 is 2.62 bits per heavy atom. The van der Waals surface area contributed by atoms with Crippen molar-refractivity contribution < 1.29 is 8.95 Å². The van der Waals surface area contributed by atoms with Crippen molar-refractivity contribution in [1.82, 2.24) is 5.32 Å². The molecule has 1 rings (SSSR count). The summed E-state index contributed by atoms with van der Waals surface area (Å²) >= 11 is 0. The maximum atomic E-state index is 10.9. The fraction of sp³-hybridized carbons (Fsp3) is 0.500. The Labute approximate surface area is 99.7 Å². The Morgan fingerprint density at radius 2 is 2.00 bits per heavy atom. The van der Waals surface area contributed by atoms with Crippen molar-refractivity contribution in [2.45, 2.75) is 13.2 Å². The first-order chi connectivity index (χ1) is 7.74. The normalized spacial score (nSPS) is 12.6. The molecular formula is C12H19NO2S. The van der Waals surface area contributed by atoms with E-state index in [4.69, 9.17) is 4.74 Å². The van der Waals surface area contributed by atoms with E-state index in [0.717, 1.165) is 13.1 Å². The summed E-state index contributed by atoms with van der Waals surface area (Å²) in [6.45, 7) is 2.22. The van der Waals surface area contributed by atoms with Gasteiger partial charge in [0.25, 0.3) is 0 Å². The molecule has 16 heavy (non-hydrogen) atoms. The molecule has 0 spiro atoms. The lowest BCUT2D eigenvalue weighted by atomic mass is 10.1. The van der Waals surface area contributed by atoms with E-state index in [1.165, 1.54) is 11.1 Å². The van der Waals surface area contributed by atoms with E-state index in [1.54, 1.807) is 13.4 Å². The molecule has 0 amide bonds. The van der Waals surface area contributed by atoms with Crippen LogP contribution in [0.15, 0.2) is 24.3 Å². The molecule has 1 aromatic carbocycles. The van der Waals surface area contributed by atoms with Crippen LogP contribution in [0.25, 0.3) is 0 Å². The summed E-state index contributed by atoms with van der Waals surface area (Å²) in [5.74, 6) is 0.701. The Kier molecular flexibility index (Phi) is 6.30. The number of hydrogen-bond donors (Lipinski definition) is 1. The minimum Gasteiger partial charge on any atom is -0.380 e. The van der Waals surface area contributed by atoms with Crippen molar-refractivity contribution in [2.24, 2.45) is 0 Å². The lowest BCUT2D eigenvalue weighted by molar-refractivity contribution is 0.184. The number of ether oxygens (including phenoxy) is 1. The van der Waals surface area contributed by atoms with Gasteiger partial charge in [0.1, 0.15) is 0 Å². The standard InChI is InChI=1S/C12H19NO2S/c1-15-10-12-6-4-3-5-11(12)9-13-7-8-16(2)14/h3-6,13H,7-10H2,1-2H3. The molecule has 0 bridgehead atoms. The lowest BCUT2D eigenvalue weighted by Crippen LogP contribution is -2.20. The van der Waals surface area contributed by atoms with Gasteiger partial charge in [-0.05, 0) is 11.1 Å². The zero-order valence-electron chi connectivity index (χ0n) is 9.86. The second-order valence-corrected chi connectivity index (χ2v) is 5.21. The van der Waals surface area contributed by atoms with Crippen LogP contribution in [-0.4, -0.2) is 29.9 Å². The smallest absolute Gasteiger partial charge is 0.0716 e. The lowest BCUT2D eigenvalue weighted by Gasteiger charge is -2.09. The minimum atomic E-state index is -0.719. The second kappa shape index (κ2) is 7.54. The molecule has 0 radical (unpaired) electrons. The van der Waals surface area contributed by atoms with Gasteiger partial charge in [-0.2, -0.15) is 0 Å². The van der Waals surface area contributed by atoms with Crippen molar-refractivity contribution in [3.8, 4) is 0 Å². The number of hydrogen-bond acceptors (Lipinski definition) is 3. The second-order valence-electron chi connectivity index (χ2n) is 3.66. The van der Waals surface area contributed by atoms with E-state index in [-0.39, 0.29) is 0 Å². The highest BCUT2D eigenvalue weighted by Crippen LogP contribution is 2.09. The predicted molar refractivity (Wildman–Crippen MR) is 67.8 cm³/mol. The van der Waals surface area contributed by atoms with E-state index in [2.05, 4.69) is 17.4 Å². The van der Waals surface area contributed by atoms with Crippen LogP contribution in [0.3, 0.4) is 0 Å². The van der Waals surface area contributed by atoms with Crippen LogP contribution in [0, 0.1) is 0 Å². The Hall–Kier alpha value is -0.710. The third kappa shape index (κ3) is 4.88. The molecule has 4 heteroatoms. The molecule has 1 N–H and O–H groups in total. The SMILES string of the molecule is COCc1ccccc1CNCCS(C)=O. The van der Waals surface area contributed by atoms with Crippen molar-refractivity contribution in [1.29, 1.82) is 0 Å². The highest BCUT2D eigenvalue weighted by atomic mass is 32.2. The summed E-state index contributed by atoms with van der Waals surface area (Å²) < 4.78 is 16.0. The van der Waals surface area contributed by atoms with Crippen LogP contribution in [-0.2, 0) is 28.7 Å². The summed E-state index contributed by atoms with van der Waals surface area (Å²) in [7, 11) is 0.979. The Bertz CT molecular complexity index is 342. The summed E-state index contributed by atoms with van der Waals surface area (Å²) in [4.78, 5) is 0. The zero-order chi connectivity index (χ0) is 11.8. The third-order valence-electron chi connectivity index (χ3n) is 2.30. The molecule has 0 aliphatic carbocycles. The molecule has 0 aliphatic heterocycles. The van der Waals surface area contributed by atoms with Crippen LogP contribution in [0.2, 0.25) is 0 Å². The summed E-state index contributed by atoms with van der Waals surface area (Å²) in [5.41, 5.74) is 2.45. The predicted octanol–water partition coefficient (Wildman–Crippen LogP) is 1.30. The van der Waals surface area contributed by atoms with Crippen molar-refractivity contribution in [3.05, 3.63) is 35.4 Å². The molecule has 1 atom stereocenters. The molecule has 3 nitrogen and oxygen atoms in total. The molecule has 0 aliphatic rings. The van der Waals surface area contributed by atoms with Gasteiger partial charge in [-0.15, -0.1) is 0 Å². The van der Waals surface area contributed by atoms with Gasteiger partial charge in [-0.3, -0.25) is 4.21 Å². The van der Waals surface area contributed by atoms with Gasteiger partial charge in [0.05, 0.1) is 6.61 Å². The van der Waals surface area contributed by atoms with E-state index in [0.29, 0.717) is 12.4 Å². The summed E-state index contributed by atoms with van der Waals surface area (Å²) in [6.07, 6.45) is 1.72. The van der Waals surface area contributed by atoms with Gasteiger partial charge in [0, 0.05) is 43.0 Å². The van der Waals surface area contributed by atoms with E-state index in [9.17, 15) is 4.21 Å². The average molecular weight is 241 g/mol. The summed E-state index contributed by atoms with van der Waals surface area (Å²) in [6, 6.07) is 8.19. The quantitative estimate of drug-likeness (QED) is 0.731. The fourth-order valence-corrected chi connectivity index (χ4v) is 1.90. The van der Waals surface area contributed by atoms with Crippen LogP contribution in [0.5, 0.6) is 0 Å². The molecule has 0 saturated carbocycles. The molecule has 0 fully saturated rings. The van der Waals surface area contributed by atoms with E-state index >= 15 is 0 Å². The van der Waals surface area contributed by atoms with Gasteiger partial charge in [0.2, 0.25) is 0 Å². The molecular weight excluding hydrogens is 222 g/mol. The molecule has 1 unspecified atom stereocenters. The molecule has 1 aromatic rings. The average Bonchev–Trinajstić information content (AvgIpc) is 2.26. The minimum absolute atomic E-state index is 0.636. The fourth-order valence-electron chi connectivity index (χ4n) is 1.47. The third-order valence-corrected chi connectivity index (χ3v) is 3.08. The number of methoxy groups -OCH3 is 1. The first kappa shape index (κ1) is 13.4. The maximum Gasteiger partial charge on any atom is 0.0716 e. The van der Waals surface area contributed by atoms with Gasteiger partial charge in [-0.1, -0.05) is 24.3 Å². The van der Waals surface area contributed by atoms with Crippen LogP contribution in [0.1, 0.15) is 11.1 Å². The van der Waals surface area contributed by atoms with Crippen molar-refractivity contribution in [3.63, 3.8) is 0 Å². The number of rotatable bonds is 7. The van der Waals surface area contributed by atoms with Gasteiger partial charge in [0.15, 0.2) is 0 Å². The Morgan fingerprint density at radius 1 is 1.31 bits per heavy atom. The van der Waals surface area contributed by atoms with E-state index < -0.39 is 10.8 Å². The molecule has 90 valence electrons. The number of benzene rings is 1. The van der Waals surface area contributed by atoms with Crippen molar-refractivity contribution in [2.75, 3.05) is 25.7 Å². The van der Waals surface area contributed by atoms with Gasteiger partial charge < -0.3 is 10.1 Å². The largest absolute Gasteiger partial charge is 0.380 e. The molecule has 0 saturated heterocycles. The highest BCUT2D eigenvalue weighted by Gasteiger charge is 2.00. The number of nitrogens with one attached hydrogen (secondary N) is 1. The zero-order valence-corrected chi connectivity index (χ0v) is 10.7. The van der Waals surface area contributed by atoms with E-state index in [1.807, 2.05) is 12.1 Å².